The van der Waals surface area contributed by atoms with E-state index in [1.807, 2.05) is 31.3 Å². The molecule has 0 unspecified atom stereocenters. The highest BCUT2D eigenvalue weighted by Crippen LogP contribution is 2.43. The summed E-state index contributed by atoms with van der Waals surface area (Å²) in [6.45, 7) is 0. The number of nitrogens with one attached hydrogen (secondary N) is 2. The van der Waals surface area contributed by atoms with Crippen molar-refractivity contribution in [1.82, 2.24) is 4.98 Å². The van der Waals surface area contributed by atoms with Crippen molar-refractivity contribution in [1.29, 1.82) is 0 Å². The van der Waals surface area contributed by atoms with Crippen molar-refractivity contribution in [2.45, 2.75) is 12.3 Å². The maximum absolute atomic E-state index is 11.8. The Morgan fingerprint density at radius 2 is 2.26 bits per heavy atom. The van der Waals surface area contributed by atoms with E-state index in [1.165, 1.54) is 0 Å². The molecule has 1 amide bonds. The van der Waals surface area contributed by atoms with Gasteiger partial charge in [-0.25, -0.2) is 4.98 Å². The predicted octanol–water partition coefficient (Wildman–Crippen LogP) is 3.31. The van der Waals surface area contributed by atoms with Crippen LogP contribution < -0.4 is 10.6 Å². The van der Waals surface area contributed by atoms with E-state index in [2.05, 4.69) is 15.6 Å². The Kier molecular flexibility index (Phi) is 3.16. The average Bonchev–Trinajstić information content (AvgIpc) is 2.81. The highest BCUT2D eigenvalue weighted by molar-refractivity contribution is 7.16. The monoisotopic (exact) mass is 293 g/mol. The fourth-order valence-electron chi connectivity index (χ4n) is 2.23. The number of fused-ring (bicyclic) bond motifs is 1. The molecule has 3 rings (SSSR count). The fraction of sp³-hybridized carbons (Fsp3) is 0.231. The highest BCUT2D eigenvalue weighted by atomic mass is 35.5. The summed E-state index contributed by atoms with van der Waals surface area (Å²) >= 11 is 7.80. The van der Waals surface area contributed by atoms with Crippen molar-refractivity contribution in [3.63, 3.8) is 0 Å². The van der Waals surface area contributed by atoms with E-state index in [9.17, 15) is 4.79 Å². The summed E-state index contributed by atoms with van der Waals surface area (Å²) < 4.78 is 0. The summed E-state index contributed by atoms with van der Waals surface area (Å²) in [6, 6.07) is 7.64. The molecule has 2 heterocycles. The molecule has 0 radical (unpaired) electrons. The molecule has 0 saturated carbocycles. The van der Waals surface area contributed by atoms with Gasteiger partial charge in [0.1, 0.15) is 5.82 Å². The molecule has 0 saturated heterocycles. The Labute approximate surface area is 119 Å². The summed E-state index contributed by atoms with van der Waals surface area (Å²) in [5.74, 6) is 0.609. The van der Waals surface area contributed by atoms with Crippen molar-refractivity contribution >= 4 is 39.8 Å². The number of carbonyl (C=O) groups is 1. The molecule has 2 N–H and O–H groups in total. The summed E-state index contributed by atoms with van der Waals surface area (Å²) in [7, 11) is 1.82. The molecule has 1 aliphatic rings. The molecular weight excluding hydrogens is 282 g/mol. The maximum Gasteiger partial charge on any atom is 0.226 e. The van der Waals surface area contributed by atoms with Gasteiger partial charge in [-0.3, -0.25) is 4.79 Å². The van der Waals surface area contributed by atoms with Crippen LogP contribution >= 0.6 is 22.9 Å². The van der Waals surface area contributed by atoms with Crippen LogP contribution in [-0.4, -0.2) is 17.9 Å². The fourth-order valence-corrected chi connectivity index (χ4v) is 3.50. The van der Waals surface area contributed by atoms with Crippen molar-refractivity contribution in [3.8, 4) is 0 Å². The molecule has 19 heavy (non-hydrogen) atoms. The van der Waals surface area contributed by atoms with Gasteiger partial charge in [-0.2, -0.15) is 0 Å². The lowest BCUT2D eigenvalue weighted by Gasteiger charge is -2.22. The molecular formula is C13H12ClN3OS. The molecule has 1 aliphatic heterocycles. The zero-order chi connectivity index (χ0) is 13.4. The first-order chi connectivity index (χ1) is 9.19. The van der Waals surface area contributed by atoms with Crippen LogP contribution in [0.1, 0.15) is 22.8 Å². The standard InChI is InChI=1S/C13H12ClN3OS/c1-15-13-17-12-11(19-13)8(6-10(18)16-12)7-4-2-3-5-9(7)14/h2-5,8H,6H2,1H3,(H,15,17)(H,16,18)/t8-/m1/s1. The van der Waals surface area contributed by atoms with Gasteiger partial charge in [0, 0.05) is 24.4 Å². The molecule has 0 aliphatic carbocycles. The van der Waals surface area contributed by atoms with Crippen LogP contribution in [0.4, 0.5) is 10.9 Å². The van der Waals surface area contributed by atoms with Crippen molar-refractivity contribution in [2.24, 2.45) is 0 Å². The van der Waals surface area contributed by atoms with Crippen LogP contribution in [-0.2, 0) is 4.79 Å². The van der Waals surface area contributed by atoms with Crippen molar-refractivity contribution in [2.75, 3.05) is 17.7 Å². The number of amides is 1. The van der Waals surface area contributed by atoms with E-state index in [1.54, 1.807) is 11.3 Å². The number of anilines is 2. The van der Waals surface area contributed by atoms with E-state index in [0.717, 1.165) is 15.6 Å². The van der Waals surface area contributed by atoms with Gasteiger partial charge in [-0.05, 0) is 11.6 Å². The minimum atomic E-state index is -0.0228. The molecule has 2 aromatic rings. The largest absolute Gasteiger partial charge is 0.365 e. The number of hydrogen-bond acceptors (Lipinski definition) is 4. The SMILES string of the molecule is CNc1nc2c(s1)[C@@H](c1ccccc1Cl)CC(=O)N2. The van der Waals surface area contributed by atoms with Gasteiger partial charge < -0.3 is 10.6 Å². The van der Waals surface area contributed by atoms with Gasteiger partial charge in [0.05, 0.1) is 4.88 Å². The first kappa shape index (κ1) is 12.4. The van der Waals surface area contributed by atoms with Gasteiger partial charge in [-0.15, -0.1) is 0 Å². The number of nitrogens with zero attached hydrogens (tertiary/aromatic N) is 1. The van der Waals surface area contributed by atoms with Gasteiger partial charge in [0.2, 0.25) is 5.91 Å². The molecule has 0 spiro atoms. The molecule has 4 nitrogen and oxygen atoms in total. The number of halogens is 1. The van der Waals surface area contributed by atoms with E-state index in [4.69, 9.17) is 11.6 Å². The molecule has 0 bridgehead atoms. The van der Waals surface area contributed by atoms with E-state index in [0.29, 0.717) is 17.3 Å². The second-order valence-corrected chi connectivity index (χ2v) is 5.75. The lowest BCUT2D eigenvalue weighted by atomic mass is 9.91. The normalized spacial score (nSPS) is 17.8. The molecule has 1 aromatic heterocycles. The lowest BCUT2D eigenvalue weighted by molar-refractivity contribution is -0.116. The zero-order valence-corrected chi connectivity index (χ0v) is 11.8. The quantitative estimate of drug-likeness (QED) is 0.893. The van der Waals surface area contributed by atoms with E-state index < -0.39 is 0 Å². The summed E-state index contributed by atoms with van der Waals surface area (Å²) in [5.41, 5.74) is 0.978. The van der Waals surface area contributed by atoms with Gasteiger partial charge in [0.25, 0.3) is 0 Å². The third-order valence-electron chi connectivity index (χ3n) is 3.11. The third kappa shape index (κ3) is 2.19. The molecule has 1 aromatic carbocycles. The Hall–Kier alpha value is -1.59. The number of rotatable bonds is 2. The van der Waals surface area contributed by atoms with Crippen LogP contribution in [0.15, 0.2) is 24.3 Å². The minimum absolute atomic E-state index is 0.0166. The average molecular weight is 294 g/mol. The number of thiazole rings is 1. The zero-order valence-electron chi connectivity index (χ0n) is 10.2. The van der Waals surface area contributed by atoms with Crippen LogP contribution in [0.25, 0.3) is 0 Å². The number of benzene rings is 1. The molecule has 0 fully saturated rings. The van der Waals surface area contributed by atoms with Crippen LogP contribution in [0, 0.1) is 0 Å². The van der Waals surface area contributed by atoms with E-state index >= 15 is 0 Å². The van der Waals surface area contributed by atoms with Crippen LogP contribution in [0.2, 0.25) is 5.02 Å². The summed E-state index contributed by atoms with van der Waals surface area (Å²) in [6.07, 6.45) is 0.405. The topological polar surface area (TPSA) is 54.0 Å². The number of aromatic nitrogens is 1. The van der Waals surface area contributed by atoms with Crippen molar-refractivity contribution < 1.29 is 4.79 Å². The summed E-state index contributed by atoms with van der Waals surface area (Å²) in [4.78, 5) is 17.2. The Morgan fingerprint density at radius 1 is 1.47 bits per heavy atom. The van der Waals surface area contributed by atoms with Crippen LogP contribution in [0.5, 0.6) is 0 Å². The second-order valence-electron chi connectivity index (χ2n) is 4.31. The Balaban J connectivity index is 2.10. The first-order valence-corrected chi connectivity index (χ1v) is 7.11. The van der Waals surface area contributed by atoms with Gasteiger partial charge in [-0.1, -0.05) is 41.1 Å². The van der Waals surface area contributed by atoms with Crippen molar-refractivity contribution in [3.05, 3.63) is 39.7 Å². The molecule has 98 valence electrons. The predicted molar refractivity (Wildman–Crippen MR) is 78.2 cm³/mol. The second kappa shape index (κ2) is 4.83. The molecule has 1 atom stereocenters. The first-order valence-electron chi connectivity index (χ1n) is 5.92. The summed E-state index contributed by atoms with van der Waals surface area (Å²) in [5, 5.41) is 7.30. The number of carbonyl (C=O) groups excluding carboxylic acids is 1. The maximum atomic E-state index is 11.8. The van der Waals surface area contributed by atoms with E-state index in [-0.39, 0.29) is 11.8 Å². The van der Waals surface area contributed by atoms with Gasteiger partial charge in [0.15, 0.2) is 5.13 Å². The smallest absolute Gasteiger partial charge is 0.226 e. The Bertz CT molecular complexity index is 641. The minimum Gasteiger partial charge on any atom is -0.365 e. The Morgan fingerprint density at radius 3 is 3.00 bits per heavy atom. The van der Waals surface area contributed by atoms with Gasteiger partial charge >= 0.3 is 0 Å². The lowest BCUT2D eigenvalue weighted by Crippen LogP contribution is -2.22. The van der Waals surface area contributed by atoms with Crippen LogP contribution in [0.3, 0.4) is 0 Å². The highest BCUT2D eigenvalue weighted by Gasteiger charge is 2.31. The number of hydrogen-bond donors (Lipinski definition) is 2. The third-order valence-corrected chi connectivity index (χ3v) is 4.64. The molecule has 6 heteroatoms.